The van der Waals surface area contributed by atoms with E-state index in [1.54, 1.807) is 18.2 Å². The van der Waals surface area contributed by atoms with Crippen molar-refractivity contribution in [3.8, 4) is 0 Å². The number of hydrogen-bond acceptors (Lipinski definition) is 4. The van der Waals surface area contributed by atoms with Gasteiger partial charge in [0, 0.05) is 19.3 Å². The number of anilines is 1. The maximum absolute atomic E-state index is 13.8. The summed E-state index contributed by atoms with van der Waals surface area (Å²) in [6.45, 7) is 8.22. The van der Waals surface area contributed by atoms with E-state index in [1.165, 1.54) is 18.3 Å². The summed E-state index contributed by atoms with van der Waals surface area (Å²) >= 11 is 0. The third kappa shape index (κ3) is 3.34. The highest BCUT2D eigenvalue weighted by Crippen LogP contribution is 2.27. The van der Waals surface area contributed by atoms with Gasteiger partial charge in [0.05, 0.1) is 35.9 Å². The normalized spacial score (nSPS) is 20.0. The molecule has 1 aliphatic heterocycles. The van der Waals surface area contributed by atoms with Crippen molar-refractivity contribution in [3.63, 3.8) is 0 Å². The lowest BCUT2D eigenvalue weighted by molar-refractivity contribution is 0.243. The first kappa shape index (κ1) is 17.4. The molecule has 0 saturated carbocycles. The Kier molecular flexibility index (Phi) is 4.46. The number of imidazole rings is 1. The summed E-state index contributed by atoms with van der Waals surface area (Å²) in [5.41, 5.74) is 8.37. The minimum atomic E-state index is -1.03. The SMILES string of the molecule is [C-]#[N+]c1ccc(Cn2c(N3CC[C@@H](F)[C@H](N)C3)nc3ccc(F)cc32)nc1. The third-order valence-electron chi connectivity index (χ3n) is 4.80. The maximum atomic E-state index is 13.8. The average Bonchev–Trinajstić information content (AvgIpc) is 3.02. The van der Waals surface area contributed by atoms with Gasteiger partial charge in [-0.1, -0.05) is 6.07 Å². The van der Waals surface area contributed by atoms with Crippen LogP contribution in [0.5, 0.6) is 0 Å². The Balaban J connectivity index is 1.76. The van der Waals surface area contributed by atoms with Gasteiger partial charge in [-0.05, 0) is 30.7 Å². The van der Waals surface area contributed by atoms with E-state index in [0.29, 0.717) is 48.7 Å². The van der Waals surface area contributed by atoms with Gasteiger partial charge < -0.3 is 15.2 Å². The molecule has 3 aromatic rings. The highest BCUT2D eigenvalue weighted by atomic mass is 19.1. The van der Waals surface area contributed by atoms with Crippen LogP contribution < -0.4 is 10.6 Å². The van der Waals surface area contributed by atoms with Gasteiger partial charge >= 0.3 is 0 Å². The number of halogens is 2. The second-order valence-corrected chi connectivity index (χ2v) is 6.67. The molecule has 0 spiro atoms. The lowest BCUT2D eigenvalue weighted by Crippen LogP contribution is -2.50. The third-order valence-corrected chi connectivity index (χ3v) is 4.80. The van der Waals surface area contributed by atoms with Crippen LogP contribution in [0.1, 0.15) is 12.1 Å². The summed E-state index contributed by atoms with van der Waals surface area (Å²) in [7, 11) is 0. The molecular weight excluding hydrogens is 350 g/mol. The fraction of sp³-hybridized carbons (Fsp3) is 0.316. The van der Waals surface area contributed by atoms with Gasteiger partial charge in [-0.2, -0.15) is 0 Å². The van der Waals surface area contributed by atoms with Gasteiger partial charge in [-0.25, -0.2) is 18.6 Å². The van der Waals surface area contributed by atoms with Crippen molar-refractivity contribution < 1.29 is 8.78 Å². The van der Waals surface area contributed by atoms with Gasteiger partial charge in [0.15, 0.2) is 0 Å². The lowest BCUT2D eigenvalue weighted by Gasteiger charge is -2.34. The Hall–Kier alpha value is -3.05. The fourth-order valence-corrected chi connectivity index (χ4v) is 3.35. The van der Waals surface area contributed by atoms with E-state index < -0.39 is 12.2 Å². The van der Waals surface area contributed by atoms with E-state index in [1.807, 2.05) is 9.47 Å². The van der Waals surface area contributed by atoms with E-state index in [2.05, 4.69) is 14.8 Å². The number of fused-ring (bicyclic) bond motifs is 1. The number of nitrogens with zero attached hydrogens (tertiary/aromatic N) is 5. The van der Waals surface area contributed by atoms with Crippen LogP contribution in [-0.2, 0) is 6.54 Å². The summed E-state index contributed by atoms with van der Waals surface area (Å²) in [4.78, 5) is 14.2. The molecule has 1 fully saturated rings. The second-order valence-electron chi connectivity index (χ2n) is 6.67. The molecule has 0 radical (unpaired) electrons. The molecule has 2 atom stereocenters. The smallest absolute Gasteiger partial charge is 0.206 e. The molecule has 6 nitrogen and oxygen atoms in total. The van der Waals surface area contributed by atoms with Crippen molar-refractivity contribution in [2.75, 3.05) is 18.0 Å². The summed E-state index contributed by atoms with van der Waals surface area (Å²) in [5.74, 6) is 0.264. The van der Waals surface area contributed by atoms with E-state index in [-0.39, 0.29) is 5.82 Å². The number of alkyl halides is 1. The first-order chi connectivity index (χ1) is 13.0. The quantitative estimate of drug-likeness (QED) is 0.722. The monoisotopic (exact) mass is 368 g/mol. The standard InChI is InChI=1S/C19H18F2N6/c1-23-13-3-4-14(24-9-13)10-27-18-8-12(20)2-5-17(18)25-19(27)26-7-6-15(21)16(22)11-26/h2-5,8-9,15-16H,6-7,10-11,22H2/t15-,16-/m1/s1. The molecule has 1 aliphatic rings. The van der Waals surface area contributed by atoms with E-state index in [0.717, 1.165) is 5.69 Å². The fourth-order valence-electron chi connectivity index (χ4n) is 3.35. The summed E-state index contributed by atoms with van der Waals surface area (Å²) in [6.07, 6.45) is 0.808. The van der Waals surface area contributed by atoms with Crippen molar-refractivity contribution in [2.45, 2.75) is 25.2 Å². The molecule has 1 aromatic carbocycles. The topological polar surface area (TPSA) is 64.3 Å². The molecular formula is C19H18F2N6. The molecule has 3 heterocycles. The van der Waals surface area contributed by atoms with Crippen LogP contribution >= 0.6 is 0 Å². The van der Waals surface area contributed by atoms with Crippen LogP contribution in [0.15, 0.2) is 36.5 Å². The first-order valence-corrected chi connectivity index (χ1v) is 8.68. The average molecular weight is 368 g/mol. The van der Waals surface area contributed by atoms with E-state index >= 15 is 0 Å². The number of pyridine rings is 1. The van der Waals surface area contributed by atoms with Gasteiger partial charge in [-0.15, -0.1) is 0 Å². The Bertz CT molecular complexity index is 1010. The van der Waals surface area contributed by atoms with Crippen LogP contribution in [0.25, 0.3) is 15.9 Å². The van der Waals surface area contributed by atoms with Gasteiger partial charge in [0.2, 0.25) is 11.6 Å². The number of hydrogen-bond donors (Lipinski definition) is 1. The number of rotatable bonds is 3. The molecule has 2 aromatic heterocycles. The Morgan fingerprint density at radius 3 is 2.85 bits per heavy atom. The second kappa shape index (κ2) is 6.93. The molecule has 138 valence electrons. The van der Waals surface area contributed by atoms with Crippen LogP contribution in [0, 0.1) is 12.4 Å². The predicted octanol–water partition coefficient (Wildman–Crippen LogP) is 3.04. The molecule has 8 heteroatoms. The minimum Gasteiger partial charge on any atom is -0.340 e. The summed E-state index contributed by atoms with van der Waals surface area (Å²) in [5, 5.41) is 0. The highest BCUT2D eigenvalue weighted by Gasteiger charge is 2.29. The minimum absolute atomic E-state index is 0.330. The molecule has 0 aliphatic carbocycles. The molecule has 2 N–H and O–H groups in total. The molecule has 27 heavy (non-hydrogen) atoms. The largest absolute Gasteiger partial charge is 0.340 e. The number of benzene rings is 1. The molecule has 1 saturated heterocycles. The first-order valence-electron chi connectivity index (χ1n) is 8.68. The molecule has 0 unspecified atom stereocenters. The Morgan fingerprint density at radius 1 is 1.30 bits per heavy atom. The van der Waals surface area contributed by atoms with Crippen molar-refractivity contribution in [3.05, 3.63) is 59.5 Å². The number of piperidine rings is 1. The number of aromatic nitrogens is 3. The van der Waals surface area contributed by atoms with Crippen LogP contribution in [-0.4, -0.2) is 39.8 Å². The van der Waals surface area contributed by atoms with Gasteiger partial charge in [-0.3, -0.25) is 4.98 Å². The van der Waals surface area contributed by atoms with Crippen molar-refractivity contribution in [2.24, 2.45) is 5.73 Å². The van der Waals surface area contributed by atoms with E-state index in [9.17, 15) is 8.78 Å². The van der Waals surface area contributed by atoms with Crippen molar-refractivity contribution in [1.29, 1.82) is 0 Å². The molecule has 4 rings (SSSR count). The lowest BCUT2D eigenvalue weighted by atomic mass is 10.1. The summed E-state index contributed by atoms with van der Waals surface area (Å²) in [6, 6.07) is 7.30. The van der Waals surface area contributed by atoms with Gasteiger partial charge in [0.1, 0.15) is 12.0 Å². The van der Waals surface area contributed by atoms with Crippen LogP contribution in [0.4, 0.5) is 20.4 Å². The van der Waals surface area contributed by atoms with Crippen molar-refractivity contribution >= 4 is 22.7 Å². The zero-order valence-corrected chi connectivity index (χ0v) is 14.5. The van der Waals surface area contributed by atoms with Crippen LogP contribution in [0.3, 0.4) is 0 Å². The predicted molar refractivity (Wildman–Crippen MR) is 99.0 cm³/mol. The van der Waals surface area contributed by atoms with Crippen molar-refractivity contribution in [1.82, 2.24) is 14.5 Å². The van der Waals surface area contributed by atoms with Crippen LogP contribution in [0.2, 0.25) is 0 Å². The Labute approximate surface area is 155 Å². The zero-order chi connectivity index (χ0) is 19.0. The highest BCUT2D eigenvalue weighted by molar-refractivity contribution is 5.79. The zero-order valence-electron chi connectivity index (χ0n) is 14.5. The maximum Gasteiger partial charge on any atom is 0.206 e. The molecule has 0 bridgehead atoms. The number of nitrogens with two attached hydrogens (primary N) is 1. The molecule has 0 amide bonds. The van der Waals surface area contributed by atoms with Gasteiger partial charge in [0.25, 0.3) is 0 Å². The Morgan fingerprint density at radius 2 is 2.15 bits per heavy atom. The van der Waals surface area contributed by atoms with E-state index in [4.69, 9.17) is 12.3 Å². The summed E-state index contributed by atoms with van der Waals surface area (Å²) < 4.78 is 29.5.